The summed E-state index contributed by atoms with van der Waals surface area (Å²) in [5.41, 5.74) is 2.89. The van der Waals surface area contributed by atoms with Crippen LogP contribution < -0.4 is 23.7 Å². The van der Waals surface area contributed by atoms with Gasteiger partial charge in [0.05, 0.1) is 51.6 Å². The van der Waals surface area contributed by atoms with Gasteiger partial charge in [0.15, 0.2) is 11.5 Å². The minimum atomic E-state index is -0.639. The van der Waals surface area contributed by atoms with Gasteiger partial charge >= 0.3 is 0 Å². The fourth-order valence-electron chi connectivity index (χ4n) is 5.37. The highest BCUT2D eigenvalue weighted by atomic mass is 16.6. The molecule has 0 aliphatic carbocycles. The van der Waals surface area contributed by atoms with Crippen LogP contribution in [-0.2, 0) is 0 Å². The molecule has 0 aliphatic rings. The standard InChI is InChI=1S/C35H31N3O8/c1-7-8-26-28(43-3)18-17-27-31(34(39)23-19-29(44-4)35(46-6)30(20-23)45-5)36-37(33(26)27)32(22-11-15-25(42-2)16-12-22)21-9-13-24(14-10-21)38(40)41/h9-20,32H,1-6H3. The first-order valence-electron chi connectivity index (χ1n) is 14.0. The van der Waals surface area contributed by atoms with E-state index >= 15 is 0 Å². The van der Waals surface area contributed by atoms with Crippen LogP contribution >= 0.6 is 0 Å². The van der Waals surface area contributed by atoms with Crippen molar-refractivity contribution in [2.75, 3.05) is 35.5 Å². The number of carbonyl (C=O) groups excluding carboxylic acids is 1. The van der Waals surface area contributed by atoms with Gasteiger partial charge in [-0.25, -0.2) is 0 Å². The number of nitrogens with zero attached hydrogens (tertiary/aromatic N) is 3. The maximum absolute atomic E-state index is 14.3. The Balaban J connectivity index is 1.84. The van der Waals surface area contributed by atoms with Crippen LogP contribution in [0.15, 0.2) is 72.8 Å². The van der Waals surface area contributed by atoms with E-state index in [0.29, 0.717) is 50.8 Å². The Labute approximate surface area is 265 Å². The third-order valence-corrected chi connectivity index (χ3v) is 7.54. The summed E-state index contributed by atoms with van der Waals surface area (Å²) < 4.78 is 29.3. The number of rotatable bonds is 11. The lowest BCUT2D eigenvalue weighted by atomic mass is 9.97. The molecule has 0 saturated carbocycles. The van der Waals surface area contributed by atoms with Crippen molar-refractivity contribution in [1.82, 2.24) is 9.78 Å². The van der Waals surface area contributed by atoms with E-state index in [2.05, 4.69) is 11.8 Å². The second-order valence-corrected chi connectivity index (χ2v) is 9.97. The van der Waals surface area contributed by atoms with Crippen molar-refractivity contribution < 1.29 is 33.4 Å². The largest absolute Gasteiger partial charge is 0.497 e. The molecular weight excluding hydrogens is 590 g/mol. The number of nitro groups is 1. The summed E-state index contributed by atoms with van der Waals surface area (Å²) in [6.45, 7) is 1.71. The number of methoxy groups -OCH3 is 5. The van der Waals surface area contributed by atoms with Gasteiger partial charge in [0, 0.05) is 23.1 Å². The normalized spacial score (nSPS) is 11.3. The average molecular weight is 622 g/mol. The summed E-state index contributed by atoms with van der Waals surface area (Å²) >= 11 is 0. The van der Waals surface area contributed by atoms with E-state index in [4.69, 9.17) is 28.8 Å². The Morgan fingerprint density at radius 2 is 1.39 bits per heavy atom. The van der Waals surface area contributed by atoms with Crippen LogP contribution in [0, 0.1) is 22.0 Å². The number of non-ortho nitro benzene ring substituents is 1. The molecule has 5 aromatic rings. The molecule has 46 heavy (non-hydrogen) atoms. The first-order chi connectivity index (χ1) is 22.3. The summed E-state index contributed by atoms with van der Waals surface area (Å²) in [4.78, 5) is 25.4. The predicted octanol–water partition coefficient (Wildman–Crippen LogP) is 6.23. The Kier molecular flexibility index (Phi) is 9.09. The van der Waals surface area contributed by atoms with E-state index in [-0.39, 0.29) is 16.9 Å². The number of aromatic nitrogens is 2. The van der Waals surface area contributed by atoms with Gasteiger partial charge in [0.2, 0.25) is 11.5 Å². The van der Waals surface area contributed by atoms with Gasteiger partial charge in [0.1, 0.15) is 23.2 Å². The second kappa shape index (κ2) is 13.3. The van der Waals surface area contributed by atoms with Crippen molar-refractivity contribution in [3.63, 3.8) is 0 Å². The molecule has 1 atom stereocenters. The Bertz CT molecular complexity index is 1960. The topological polar surface area (TPSA) is 124 Å². The number of ether oxygens (including phenoxy) is 5. The molecule has 5 rings (SSSR count). The van der Waals surface area contributed by atoms with E-state index < -0.39 is 16.7 Å². The summed E-state index contributed by atoms with van der Waals surface area (Å²) in [6, 6.07) is 19.6. The summed E-state index contributed by atoms with van der Waals surface area (Å²) in [7, 11) is 7.55. The molecule has 0 spiro atoms. The highest BCUT2D eigenvalue weighted by Gasteiger charge is 2.29. The maximum Gasteiger partial charge on any atom is 0.269 e. The first-order valence-corrected chi connectivity index (χ1v) is 14.0. The lowest BCUT2D eigenvalue weighted by Gasteiger charge is -2.21. The number of nitro benzene ring substituents is 1. The van der Waals surface area contributed by atoms with Crippen molar-refractivity contribution in [3.8, 4) is 40.6 Å². The monoisotopic (exact) mass is 621 g/mol. The van der Waals surface area contributed by atoms with Gasteiger partial charge in [-0.15, -0.1) is 5.92 Å². The molecule has 0 amide bonds. The zero-order valence-corrected chi connectivity index (χ0v) is 26.1. The van der Waals surface area contributed by atoms with E-state index in [0.717, 1.165) is 5.56 Å². The lowest BCUT2D eigenvalue weighted by molar-refractivity contribution is -0.384. The zero-order valence-electron chi connectivity index (χ0n) is 26.1. The minimum Gasteiger partial charge on any atom is -0.497 e. The molecule has 4 aromatic carbocycles. The molecule has 1 heterocycles. The predicted molar refractivity (Wildman–Crippen MR) is 172 cm³/mol. The summed E-state index contributed by atoms with van der Waals surface area (Å²) in [5, 5.41) is 17.0. The third kappa shape index (κ3) is 5.64. The van der Waals surface area contributed by atoms with Gasteiger partial charge in [-0.05, 0) is 66.6 Å². The Hall–Kier alpha value is -6.02. The molecular formula is C35H31N3O8. The van der Waals surface area contributed by atoms with Crippen LogP contribution in [0.1, 0.15) is 45.7 Å². The second-order valence-electron chi connectivity index (χ2n) is 9.97. The van der Waals surface area contributed by atoms with E-state index in [1.165, 1.54) is 33.5 Å². The SMILES string of the molecule is CC#Cc1c(OC)ccc2c(C(=O)c3cc(OC)c(OC)c(OC)c3)nn(C(c3ccc(OC)cc3)c3ccc([N+](=O)[O-])cc3)c12. The molecule has 0 radical (unpaired) electrons. The van der Waals surface area contributed by atoms with Crippen molar-refractivity contribution in [2.45, 2.75) is 13.0 Å². The molecule has 0 N–H and O–H groups in total. The van der Waals surface area contributed by atoms with E-state index in [1.54, 1.807) is 62.2 Å². The quantitative estimate of drug-likeness (QED) is 0.0731. The van der Waals surface area contributed by atoms with Crippen molar-refractivity contribution >= 4 is 22.4 Å². The van der Waals surface area contributed by atoms with Crippen molar-refractivity contribution in [1.29, 1.82) is 0 Å². The number of ketones is 1. The number of carbonyl (C=O) groups is 1. The van der Waals surface area contributed by atoms with Gasteiger partial charge in [0.25, 0.3) is 5.69 Å². The van der Waals surface area contributed by atoms with Gasteiger partial charge in [-0.2, -0.15) is 5.10 Å². The fourth-order valence-corrected chi connectivity index (χ4v) is 5.37. The molecule has 234 valence electrons. The first kappa shape index (κ1) is 31.4. The molecule has 1 aromatic heterocycles. The average Bonchev–Trinajstić information content (AvgIpc) is 3.47. The summed E-state index contributed by atoms with van der Waals surface area (Å²) in [5.74, 6) is 7.81. The number of benzene rings is 4. The molecule has 11 nitrogen and oxygen atoms in total. The van der Waals surface area contributed by atoms with Crippen LogP contribution in [0.4, 0.5) is 5.69 Å². The van der Waals surface area contributed by atoms with Crippen LogP contribution in [0.2, 0.25) is 0 Å². The van der Waals surface area contributed by atoms with Crippen molar-refractivity contribution in [2.24, 2.45) is 0 Å². The molecule has 0 aliphatic heterocycles. The summed E-state index contributed by atoms with van der Waals surface area (Å²) in [6.07, 6.45) is 0. The Morgan fingerprint density at radius 1 is 0.804 bits per heavy atom. The van der Waals surface area contributed by atoms with Gasteiger partial charge in [-0.3, -0.25) is 19.6 Å². The van der Waals surface area contributed by atoms with Crippen molar-refractivity contribution in [3.05, 3.63) is 111 Å². The van der Waals surface area contributed by atoms with E-state index in [1.807, 2.05) is 24.3 Å². The molecule has 0 fully saturated rings. The molecule has 1 unspecified atom stereocenters. The number of hydrogen-bond donors (Lipinski definition) is 0. The molecule has 0 bridgehead atoms. The van der Waals surface area contributed by atoms with E-state index in [9.17, 15) is 14.9 Å². The fraction of sp³-hybridized carbons (Fsp3) is 0.200. The van der Waals surface area contributed by atoms with Crippen LogP contribution in [-0.4, -0.2) is 56.0 Å². The number of fused-ring (bicyclic) bond motifs is 1. The third-order valence-electron chi connectivity index (χ3n) is 7.54. The van der Waals surface area contributed by atoms with Crippen LogP contribution in [0.3, 0.4) is 0 Å². The lowest BCUT2D eigenvalue weighted by Crippen LogP contribution is -2.15. The van der Waals surface area contributed by atoms with Crippen LogP contribution in [0.25, 0.3) is 10.9 Å². The zero-order chi connectivity index (χ0) is 33.0. The molecule has 11 heteroatoms. The maximum atomic E-state index is 14.3. The molecule has 0 saturated heterocycles. The smallest absolute Gasteiger partial charge is 0.269 e. The van der Waals surface area contributed by atoms with Gasteiger partial charge < -0.3 is 23.7 Å². The minimum absolute atomic E-state index is 0.0555. The highest BCUT2D eigenvalue weighted by molar-refractivity contribution is 6.16. The van der Waals surface area contributed by atoms with Gasteiger partial charge in [-0.1, -0.05) is 18.1 Å². The number of hydrogen-bond acceptors (Lipinski definition) is 9. The highest BCUT2D eigenvalue weighted by Crippen LogP contribution is 2.41. The van der Waals surface area contributed by atoms with Crippen LogP contribution in [0.5, 0.6) is 28.7 Å². The Morgan fingerprint density at radius 3 is 1.89 bits per heavy atom.